The lowest BCUT2D eigenvalue weighted by atomic mass is 9.74. The molecule has 0 saturated carbocycles. The van der Waals surface area contributed by atoms with Crippen LogP contribution < -0.4 is 4.90 Å². The van der Waals surface area contributed by atoms with Crippen LogP contribution in [-0.4, -0.2) is 44.9 Å². The number of carbonyl (C=O) groups is 1. The van der Waals surface area contributed by atoms with Crippen molar-refractivity contribution < 1.29 is 27.3 Å². The lowest BCUT2D eigenvalue weighted by Gasteiger charge is -2.32. The largest absolute Gasteiger partial charge is 0.498 e. The first kappa shape index (κ1) is 20.5. The van der Waals surface area contributed by atoms with Gasteiger partial charge in [0, 0.05) is 30.8 Å². The second-order valence-corrected chi connectivity index (χ2v) is 7.45. The van der Waals surface area contributed by atoms with Crippen molar-refractivity contribution in [1.29, 1.82) is 0 Å². The number of allylic oxidation sites excluding steroid dienone is 2. The molecule has 142 valence electrons. The van der Waals surface area contributed by atoms with Gasteiger partial charge in [-0.3, -0.25) is 4.79 Å². The predicted molar refractivity (Wildman–Crippen MR) is 95.9 cm³/mol. The third kappa shape index (κ3) is 3.66. The summed E-state index contributed by atoms with van der Waals surface area (Å²) in [6.45, 7) is 6.87. The van der Waals surface area contributed by atoms with Crippen LogP contribution in [0.1, 0.15) is 33.3 Å². The van der Waals surface area contributed by atoms with Crippen LogP contribution in [0.5, 0.6) is 0 Å². The maximum absolute atomic E-state index is 14.0. The van der Waals surface area contributed by atoms with Gasteiger partial charge >= 0.3 is 13.3 Å². The molecule has 0 bridgehead atoms. The minimum absolute atomic E-state index is 0.0955. The summed E-state index contributed by atoms with van der Waals surface area (Å²) in [5, 5.41) is 0. The molecule has 1 aromatic carbocycles. The molecule has 0 N–H and O–H groups in total. The second-order valence-electron chi connectivity index (χ2n) is 7.45. The van der Waals surface area contributed by atoms with E-state index in [1.807, 2.05) is 0 Å². The zero-order valence-electron chi connectivity index (χ0n) is 15.8. The highest BCUT2D eigenvalue weighted by molar-refractivity contribution is 6.62. The molecular formula is C18H23BF3NO3. The average Bonchev–Trinajstić information content (AvgIpc) is 2.71. The Morgan fingerprint density at radius 1 is 1.08 bits per heavy atom. The Morgan fingerprint density at radius 2 is 1.58 bits per heavy atom. The molecule has 0 unspecified atom stereocenters. The van der Waals surface area contributed by atoms with Crippen LogP contribution >= 0.6 is 0 Å². The fourth-order valence-electron chi connectivity index (χ4n) is 2.75. The number of anilines is 1. The van der Waals surface area contributed by atoms with E-state index in [9.17, 15) is 18.0 Å². The van der Waals surface area contributed by atoms with E-state index in [0.717, 1.165) is 0 Å². The molecule has 1 saturated heterocycles. The number of rotatable bonds is 4. The van der Waals surface area contributed by atoms with Crippen molar-refractivity contribution in [2.75, 3.05) is 19.0 Å². The summed E-state index contributed by atoms with van der Waals surface area (Å²) in [7, 11) is 1.88. The molecule has 0 spiro atoms. The van der Waals surface area contributed by atoms with Crippen LogP contribution in [0.25, 0.3) is 5.57 Å². The van der Waals surface area contributed by atoms with Gasteiger partial charge in [0.1, 0.15) is 6.29 Å². The Kier molecular flexibility index (Phi) is 5.32. The molecule has 1 aliphatic heterocycles. The van der Waals surface area contributed by atoms with Crippen LogP contribution in [-0.2, 0) is 14.1 Å². The van der Waals surface area contributed by atoms with Gasteiger partial charge in [0.25, 0.3) is 0 Å². The molecule has 0 aliphatic carbocycles. The molecule has 26 heavy (non-hydrogen) atoms. The molecule has 2 rings (SSSR count). The molecule has 1 aliphatic rings. The van der Waals surface area contributed by atoms with Crippen LogP contribution in [0.3, 0.4) is 0 Å². The molecule has 0 atom stereocenters. The van der Waals surface area contributed by atoms with Gasteiger partial charge < -0.3 is 14.2 Å². The molecule has 0 aromatic heterocycles. The number of alkyl halides is 3. The average molecular weight is 369 g/mol. The summed E-state index contributed by atoms with van der Waals surface area (Å²) in [4.78, 5) is 13.3. The number of halogens is 3. The Morgan fingerprint density at radius 3 is 2.00 bits per heavy atom. The van der Waals surface area contributed by atoms with Gasteiger partial charge in [0.05, 0.1) is 16.8 Å². The zero-order chi connectivity index (χ0) is 19.9. The smallest absolute Gasteiger partial charge is 0.399 e. The minimum Gasteiger partial charge on any atom is -0.399 e. The minimum atomic E-state index is -4.76. The normalized spacial score (nSPS) is 20.0. The van der Waals surface area contributed by atoms with Crippen LogP contribution in [0.4, 0.5) is 18.9 Å². The van der Waals surface area contributed by atoms with Crippen molar-refractivity contribution in [2.24, 2.45) is 0 Å². The summed E-state index contributed by atoms with van der Waals surface area (Å²) in [6, 6.07) is 6.05. The fraction of sp³-hybridized carbons (Fsp3) is 0.500. The van der Waals surface area contributed by atoms with Crippen molar-refractivity contribution >= 4 is 24.7 Å². The first-order valence-corrected chi connectivity index (χ1v) is 8.21. The van der Waals surface area contributed by atoms with E-state index in [1.54, 1.807) is 58.8 Å². The first-order valence-electron chi connectivity index (χ1n) is 8.21. The van der Waals surface area contributed by atoms with E-state index < -0.39 is 35.5 Å². The molecule has 0 amide bonds. The lowest BCUT2D eigenvalue weighted by Crippen LogP contribution is -2.41. The molecular weight excluding hydrogens is 346 g/mol. The maximum Gasteiger partial charge on any atom is 0.498 e. The van der Waals surface area contributed by atoms with Gasteiger partial charge in [-0.05, 0) is 33.8 Å². The summed E-state index contributed by atoms with van der Waals surface area (Å²) >= 11 is 0. The number of para-hydroxylation sites is 1. The summed E-state index contributed by atoms with van der Waals surface area (Å²) in [6.07, 6.45) is -4.58. The van der Waals surface area contributed by atoms with Crippen molar-refractivity contribution in [3.8, 4) is 0 Å². The lowest BCUT2D eigenvalue weighted by molar-refractivity contribution is -0.105. The number of aldehydes is 1. The number of nitrogens with zero attached hydrogens (tertiary/aromatic N) is 1. The van der Waals surface area contributed by atoms with Gasteiger partial charge in [-0.2, -0.15) is 13.2 Å². The molecule has 1 fully saturated rings. The third-order valence-corrected chi connectivity index (χ3v) is 4.86. The highest BCUT2D eigenvalue weighted by atomic mass is 19.4. The van der Waals surface area contributed by atoms with E-state index in [4.69, 9.17) is 9.31 Å². The highest BCUT2D eigenvalue weighted by Crippen LogP contribution is 2.44. The van der Waals surface area contributed by atoms with Gasteiger partial charge in [0.2, 0.25) is 0 Å². The Balaban J connectivity index is 2.71. The van der Waals surface area contributed by atoms with Crippen LogP contribution in [0, 0.1) is 0 Å². The van der Waals surface area contributed by atoms with Crippen molar-refractivity contribution in [3.63, 3.8) is 0 Å². The number of hydrogen-bond donors (Lipinski definition) is 0. The molecule has 1 heterocycles. The van der Waals surface area contributed by atoms with E-state index in [2.05, 4.69) is 0 Å². The van der Waals surface area contributed by atoms with Crippen molar-refractivity contribution in [1.82, 2.24) is 0 Å². The SMILES string of the molecule is CN(C)c1ccccc1/C(=C(\C=O)B1OC(C)(C)C(C)(C)O1)C(F)(F)F. The first-order chi connectivity index (χ1) is 11.8. The van der Waals surface area contributed by atoms with Crippen molar-refractivity contribution in [2.45, 2.75) is 45.1 Å². The van der Waals surface area contributed by atoms with E-state index in [1.165, 1.54) is 12.1 Å². The Labute approximate surface area is 152 Å². The topological polar surface area (TPSA) is 38.8 Å². The van der Waals surface area contributed by atoms with Gasteiger partial charge in [0.15, 0.2) is 0 Å². The summed E-state index contributed by atoms with van der Waals surface area (Å²) in [5.74, 6) is 0. The Hall–Kier alpha value is -1.80. The molecule has 0 radical (unpaired) electrons. The van der Waals surface area contributed by atoms with E-state index in [0.29, 0.717) is 5.69 Å². The summed E-state index contributed by atoms with van der Waals surface area (Å²) < 4.78 is 53.3. The second kappa shape index (κ2) is 6.74. The predicted octanol–water partition coefficient (Wildman–Crippen LogP) is 3.90. The van der Waals surface area contributed by atoms with Gasteiger partial charge in [-0.15, -0.1) is 0 Å². The van der Waals surface area contributed by atoms with E-state index in [-0.39, 0.29) is 11.8 Å². The van der Waals surface area contributed by atoms with Gasteiger partial charge in [-0.1, -0.05) is 18.2 Å². The van der Waals surface area contributed by atoms with Gasteiger partial charge in [-0.25, -0.2) is 0 Å². The monoisotopic (exact) mass is 369 g/mol. The summed E-state index contributed by atoms with van der Waals surface area (Å²) in [5.41, 5.74) is -3.08. The maximum atomic E-state index is 14.0. The van der Waals surface area contributed by atoms with E-state index >= 15 is 0 Å². The number of carbonyl (C=O) groups excluding carboxylic acids is 1. The Bertz CT molecular complexity index is 711. The third-order valence-electron chi connectivity index (χ3n) is 4.86. The highest BCUT2D eigenvalue weighted by Gasteiger charge is 2.54. The number of benzene rings is 1. The van der Waals surface area contributed by atoms with Crippen molar-refractivity contribution in [3.05, 3.63) is 35.3 Å². The van der Waals surface area contributed by atoms with Crippen LogP contribution in [0.2, 0.25) is 0 Å². The zero-order valence-corrected chi connectivity index (χ0v) is 15.8. The van der Waals surface area contributed by atoms with Crippen LogP contribution in [0.15, 0.2) is 29.7 Å². The quantitative estimate of drug-likeness (QED) is 0.459. The standard InChI is InChI=1S/C18H23BF3NO3/c1-16(2)17(3,4)26-19(25-16)13(11-24)15(18(20,21)22)12-9-7-8-10-14(12)23(5)6/h7-11H,1-6H3/b15-13-. The molecule has 1 aromatic rings. The fourth-order valence-corrected chi connectivity index (χ4v) is 2.75. The number of hydrogen-bond acceptors (Lipinski definition) is 4. The molecule has 4 nitrogen and oxygen atoms in total. The molecule has 8 heteroatoms.